The molecule has 2 N–H and O–H groups in total. The first-order chi connectivity index (χ1) is 7.95. The number of carbonyl (C=O) groups is 1. The average Bonchev–Trinajstić information content (AvgIpc) is 2.26. The monoisotopic (exact) mass is 255 g/mol. The van der Waals surface area contributed by atoms with Crippen LogP contribution in [0.3, 0.4) is 0 Å². The lowest BCUT2D eigenvalue weighted by Gasteiger charge is -2.24. The fourth-order valence-electron chi connectivity index (χ4n) is 1.48. The summed E-state index contributed by atoms with van der Waals surface area (Å²) in [5.74, 6) is 0.406. The summed E-state index contributed by atoms with van der Waals surface area (Å²) in [5, 5.41) is 18.7. The second-order valence-corrected chi connectivity index (χ2v) is 4.87. The van der Waals surface area contributed by atoms with Crippen LogP contribution >= 0.6 is 11.8 Å². The smallest absolute Gasteiger partial charge is 0.254 e. The highest BCUT2D eigenvalue weighted by atomic mass is 32.2. The van der Waals surface area contributed by atoms with Crippen LogP contribution in [-0.4, -0.2) is 46.1 Å². The maximum Gasteiger partial charge on any atom is 0.254 e. The standard InChI is InChI=1S/C12H17NO3S/c1-8(7-17-3)13(2)12(16)9-4-10(14)6-11(15)5-9/h4-6,8,14-15H,7H2,1-3H3. The summed E-state index contributed by atoms with van der Waals surface area (Å²) >= 11 is 1.66. The number of phenols is 2. The van der Waals surface area contributed by atoms with Gasteiger partial charge in [0.25, 0.3) is 5.91 Å². The van der Waals surface area contributed by atoms with Crippen molar-refractivity contribution in [3.63, 3.8) is 0 Å². The molecule has 0 saturated carbocycles. The van der Waals surface area contributed by atoms with Gasteiger partial charge in [0, 0.05) is 30.5 Å². The van der Waals surface area contributed by atoms with Gasteiger partial charge in [0.2, 0.25) is 0 Å². The minimum absolute atomic E-state index is 0.0991. The summed E-state index contributed by atoms with van der Waals surface area (Å²) < 4.78 is 0. The second kappa shape index (κ2) is 5.82. The molecule has 0 spiro atoms. The summed E-state index contributed by atoms with van der Waals surface area (Å²) in [6, 6.07) is 4.00. The van der Waals surface area contributed by atoms with Crippen molar-refractivity contribution in [1.29, 1.82) is 0 Å². The van der Waals surface area contributed by atoms with Gasteiger partial charge >= 0.3 is 0 Å². The zero-order valence-corrected chi connectivity index (χ0v) is 11.0. The van der Waals surface area contributed by atoms with Crippen LogP contribution in [0.4, 0.5) is 0 Å². The van der Waals surface area contributed by atoms with Crippen LogP contribution in [-0.2, 0) is 0 Å². The van der Waals surface area contributed by atoms with E-state index in [1.54, 1.807) is 23.7 Å². The van der Waals surface area contributed by atoms with Crippen molar-refractivity contribution < 1.29 is 15.0 Å². The Morgan fingerprint density at radius 1 is 1.35 bits per heavy atom. The van der Waals surface area contributed by atoms with Gasteiger partial charge in [-0.15, -0.1) is 0 Å². The molecule has 1 atom stereocenters. The lowest BCUT2D eigenvalue weighted by atomic mass is 10.1. The molecule has 4 nitrogen and oxygen atoms in total. The van der Waals surface area contributed by atoms with E-state index in [0.29, 0.717) is 0 Å². The van der Waals surface area contributed by atoms with Crippen LogP contribution < -0.4 is 0 Å². The van der Waals surface area contributed by atoms with E-state index in [1.165, 1.54) is 18.2 Å². The van der Waals surface area contributed by atoms with E-state index in [2.05, 4.69) is 0 Å². The summed E-state index contributed by atoms with van der Waals surface area (Å²) in [4.78, 5) is 13.7. The molecule has 0 aliphatic heterocycles. The zero-order valence-electron chi connectivity index (χ0n) is 10.2. The Morgan fingerprint density at radius 3 is 2.35 bits per heavy atom. The molecule has 17 heavy (non-hydrogen) atoms. The first kappa shape index (κ1) is 13.7. The predicted molar refractivity (Wildman–Crippen MR) is 69.7 cm³/mol. The SMILES string of the molecule is CSCC(C)N(C)C(=O)c1cc(O)cc(O)c1. The van der Waals surface area contributed by atoms with E-state index in [1.807, 2.05) is 13.2 Å². The number of rotatable bonds is 4. The van der Waals surface area contributed by atoms with E-state index in [0.717, 1.165) is 5.75 Å². The van der Waals surface area contributed by atoms with Crippen molar-refractivity contribution in [3.8, 4) is 11.5 Å². The number of phenolic OH excluding ortho intramolecular Hbond substituents is 2. The minimum atomic E-state index is -0.210. The first-order valence-corrected chi connectivity index (χ1v) is 6.64. The van der Waals surface area contributed by atoms with Gasteiger partial charge in [-0.25, -0.2) is 0 Å². The van der Waals surface area contributed by atoms with Crippen LogP contribution in [0, 0.1) is 0 Å². The molecule has 0 radical (unpaired) electrons. The Labute approximate surface area is 105 Å². The van der Waals surface area contributed by atoms with Gasteiger partial charge in [0.15, 0.2) is 0 Å². The first-order valence-electron chi connectivity index (χ1n) is 5.24. The van der Waals surface area contributed by atoms with Crippen LogP contribution in [0.2, 0.25) is 0 Å². The highest BCUT2D eigenvalue weighted by Crippen LogP contribution is 2.21. The molecule has 0 saturated heterocycles. The molecule has 5 heteroatoms. The Morgan fingerprint density at radius 2 is 1.88 bits per heavy atom. The van der Waals surface area contributed by atoms with E-state index in [4.69, 9.17) is 0 Å². The molecule has 0 heterocycles. The largest absolute Gasteiger partial charge is 0.508 e. The van der Waals surface area contributed by atoms with Gasteiger partial charge in [-0.05, 0) is 25.3 Å². The van der Waals surface area contributed by atoms with Crippen LogP contribution in [0.5, 0.6) is 11.5 Å². The molecule has 1 amide bonds. The normalized spacial score (nSPS) is 12.2. The molecule has 0 bridgehead atoms. The second-order valence-electron chi connectivity index (χ2n) is 3.96. The van der Waals surface area contributed by atoms with Gasteiger partial charge in [0.05, 0.1) is 0 Å². The van der Waals surface area contributed by atoms with Crippen molar-refractivity contribution in [2.24, 2.45) is 0 Å². The molecule has 0 fully saturated rings. The molecule has 0 aromatic heterocycles. The molecule has 94 valence electrons. The maximum absolute atomic E-state index is 12.1. The Kier molecular flexibility index (Phi) is 4.69. The highest BCUT2D eigenvalue weighted by molar-refractivity contribution is 7.98. The number of benzene rings is 1. The Balaban J connectivity index is 2.88. The van der Waals surface area contributed by atoms with Crippen molar-refractivity contribution in [3.05, 3.63) is 23.8 Å². The molecular weight excluding hydrogens is 238 g/mol. The molecule has 0 aliphatic carbocycles. The summed E-state index contributed by atoms with van der Waals surface area (Å²) in [6.07, 6.45) is 1.98. The quantitative estimate of drug-likeness (QED) is 0.863. The van der Waals surface area contributed by atoms with Gasteiger partial charge in [-0.1, -0.05) is 0 Å². The van der Waals surface area contributed by atoms with Crippen LogP contribution in [0.15, 0.2) is 18.2 Å². The number of hydrogen-bond donors (Lipinski definition) is 2. The fourth-order valence-corrected chi connectivity index (χ4v) is 2.18. The Bertz CT molecular complexity index is 388. The van der Waals surface area contributed by atoms with Gasteiger partial charge in [-0.2, -0.15) is 11.8 Å². The molecular formula is C12H17NO3S. The van der Waals surface area contributed by atoms with E-state index in [-0.39, 0.29) is 29.0 Å². The average molecular weight is 255 g/mol. The number of thioether (sulfide) groups is 1. The van der Waals surface area contributed by atoms with Gasteiger partial charge in [0.1, 0.15) is 11.5 Å². The predicted octanol–water partition coefficient (Wildman–Crippen LogP) is 1.92. The molecule has 1 aromatic carbocycles. The van der Waals surface area contributed by atoms with Crippen molar-refractivity contribution in [1.82, 2.24) is 4.90 Å². The fraction of sp³-hybridized carbons (Fsp3) is 0.417. The van der Waals surface area contributed by atoms with Gasteiger partial charge in [-0.3, -0.25) is 4.79 Å². The summed E-state index contributed by atoms with van der Waals surface area (Å²) in [6.45, 7) is 1.96. The number of amides is 1. The summed E-state index contributed by atoms with van der Waals surface area (Å²) in [5.41, 5.74) is 0.290. The molecule has 0 aliphatic rings. The Hall–Kier alpha value is -1.36. The van der Waals surface area contributed by atoms with E-state index < -0.39 is 0 Å². The van der Waals surface area contributed by atoms with Crippen molar-refractivity contribution in [2.45, 2.75) is 13.0 Å². The lowest BCUT2D eigenvalue weighted by Crippen LogP contribution is -2.36. The van der Waals surface area contributed by atoms with Crippen LogP contribution in [0.25, 0.3) is 0 Å². The van der Waals surface area contributed by atoms with E-state index in [9.17, 15) is 15.0 Å². The molecule has 1 rings (SSSR count). The van der Waals surface area contributed by atoms with E-state index >= 15 is 0 Å². The van der Waals surface area contributed by atoms with Gasteiger partial charge < -0.3 is 15.1 Å². The third kappa shape index (κ3) is 3.56. The number of carbonyl (C=O) groups excluding carboxylic acids is 1. The minimum Gasteiger partial charge on any atom is -0.508 e. The lowest BCUT2D eigenvalue weighted by molar-refractivity contribution is 0.0756. The maximum atomic E-state index is 12.1. The van der Waals surface area contributed by atoms with Crippen molar-refractivity contribution in [2.75, 3.05) is 19.1 Å². The number of hydrogen-bond acceptors (Lipinski definition) is 4. The molecule has 1 unspecified atom stereocenters. The molecule has 1 aromatic rings. The summed E-state index contributed by atoms with van der Waals surface area (Å²) in [7, 11) is 1.71. The topological polar surface area (TPSA) is 60.8 Å². The third-order valence-electron chi connectivity index (χ3n) is 2.54. The third-order valence-corrected chi connectivity index (χ3v) is 3.35. The number of aromatic hydroxyl groups is 2. The van der Waals surface area contributed by atoms with Crippen molar-refractivity contribution >= 4 is 17.7 Å². The number of nitrogens with zero attached hydrogens (tertiary/aromatic N) is 1. The van der Waals surface area contributed by atoms with Crippen LogP contribution in [0.1, 0.15) is 17.3 Å². The zero-order chi connectivity index (χ0) is 13.0. The highest BCUT2D eigenvalue weighted by Gasteiger charge is 2.18.